The zero-order valence-corrected chi connectivity index (χ0v) is 21.9. The van der Waals surface area contributed by atoms with Crippen LogP contribution in [0, 0.1) is 0 Å². The van der Waals surface area contributed by atoms with Crippen molar-refractivity contribution < 1.29 is 40.7 Å². The Bertz CT molecular complexity index is 1260. The molecule has 0 atom stereocenters. The molecule has 0 heterocycles. The third-order valence-electron chi connectivity index (χ3n) is 4.29. The monoisotopic (exact) mass is 563 g/mol. The van der Waals surface area contributed by atoms with Gasteiger partial charge in [0.15, 0.2) is 6.61 Å². The summed E-state index contributed by atoms with van der Waals surface area (Å²) in [6, 6.07) is 8.39. The highest BCUT2D eigenvalue weighted by Gasteiger charge is 2.33. The summed E-state index contributed by atoms with van der Waals surface area (Å²) in [5.74, 6) is -1.07. The molecule has 0 saturated heterocycles. The molecule has 0 aliphatic carbocycles. The Morgan fingerprint density at radius 1 is 1.11 bits per heavy atom. The lowest BCUT2D eigenvalue weighted by atomic mass is 10.2. The van der Waals surface area contributed by atoms with Gasteiger partial charge in [0.2, 0.25) is 10.0 Å². The van der Waals surface area contributed by atoms with Gasteiger partial charge in [-0.25, -0.2) is 18.6 Å². The van der Waals surface area contributed by atoms with Gasteiger partial charge >= 0.3 is 12.1 Å². The summed E-state index contributed by atoms with van der Waals surface area (Å²) in [6.07, 6.45) is -2.77. The smallest absolute Gasteiger partial charge is 0.416 e. The summed E-state index contributed by atoms with van der Waals surface area (Å²) >= 11 is 5.92. The quantitative estimate of drug-likeness (QED) is 0.280. The molecule has 202 valence electrons. The SMILES string of the molecule is CC(C)(C)OC(=O)COc1ccc(/C=N\NC(=O)CN(c2cc(C(F)(F)F)ccc2Cl)S(C)(=O)=O)cc1. The maximum absolute atomic E-state index is 13.1. The molecule has 0 fully saturated rings. The van der Waals surface area contributed by atoms with Crippen LogP contribution in [0.3, 0.4) is 0 Å². The summed E-state index contributed by atoms with van der Waals surface area (Å²) in [7, 11) is -4.18. The lowest BCUT2D eigenvalue weighted by molar-refractivity contribution is -0.157. The van der Waals surface area contributed by atoms with Crippen molar-refractivity contribution in [3.05, 3.63) is 58.6 Å². The number of ether oxygens (including phenoxy) is 2. The maximum Gasteiger partial charge on any atom is 0.416 e. The fraction of sp³-hybridized carbons (Fsp3) is 0.348. The number of hydrogen-bond donors (Lipinski definition) is 1. The van der Waals surface area contributed by atoms with Crippen molar-refractivity contribution in [2.75, 3.05) is 23.7 Å². The van der Waals surface area contributed by atoms with E-state index in [9.17, 15) is 31.2 Å². The van der Waals surface area contributed by atoms with E-state index < -0.39 is 51.5 Å². The van der Waals surface area contributed by atoms with Gasteiger partial charge in [-0.1, -0.05) is 11.6 Å². The lowest BCUT2D eigenvalue weighted by Gasteiger charge is -2.23. The molecular formula is C23H25ClF3N3O6S. The van der Waals surface area contributed by atoms with Crippen molar-refractivity contribution in [2.24, 2.45) is 5.10 Å². The summed E-state index contributed by atoms with van der Waals surface area (Å²) < 4.78 is 74.5. The highest BCUT2D eigenvalue weighted by atomic mass is 35.5. The molecular weight excluding hydrogens is 539 g/mol. The summed E-state index contributed by atoms with van der Waals surface area (Å²) in [4.78, 5) is 24.0. The summed E-state index contributed by atoms with van der Waals surface area (Å²) in [5.41, 5.74) is 0.367. The average molecular weight is 564 g/mol. The van der Waals surface area contributed by atoms with Crippen LogP contribution < -0.4 is 14.5 Å². The topological polar surface area (TPSA) is 114 Å². The minimum absolute atomic E-state index is 0.284. The van der Waals surface area contributed by atoms with Crippen molar-refractivity contribution in [3.8, 4) is 5.75 Å². The minimum atomic E-state index is -4.74. The van der Waals surface area contributed by atoms with E-state index in [0.717, 1.165) is 12.3 Å². The van der Waals surface area contributed by atoms with Gasteiger partial charge in [0.25, 0.3) is 5.91 Å². The highest BCUT2D eigenvalue weighted by Crippen LogP contribution is 2.36. The standard InChI is InChI=1S/C23H25ClF3N3O6S/c1-22(2,3)36-21(32)14-35-17-8-5-15(6-9-17)12-28-29-20(31)13-30(37(4,33)34)19-11-16(23(25,26)27)7-10-18(19)24/h5-12H,13-14H2,1-4H3,(H,29,31)/b28-12-. The fourth-order valence-electron chi connectivity index (χ4n) is 2.77. The first-order valence-electron chi connectivity index (χ1n) is 10.6. The van der Waals surface area contributed by atoms with E-state index in [2.05, 4.69) is 10.5 Å². The van der Waals surface area contributed by atoms with E-state index in [1.807, 2.05) is 0 Å². The van der Waals surface area contributed by atoms with Crippen LogP contribution >= 0.6 is 11.6 Å². The van der Waals surface area contributed by atoms with Gasteiger partial charge in [0.1, 0.15) is 17.9 Å². The van der Waals surface area contributed by atoms with E-state index in [0.29, 0.717) is 27.8 Å². The van der Waals surface area contributed by atoms with Gasteiger partial charge in [-0.15, -0.1) is 0 Å². The first-order chi connectivity index (χ1) is 17.0. The molecule has 0 aliphatic heterocycles. The second-order valence-corrected chi connectivity index (χ2v) is 11.0. The van der Waals surface area contributed by atoms with Gasteiger partial charge < -0.3 is 9.47 Å². The number of hydrazone groups is 1. The van der Waals surface area contributed by atoms with E-state index in [-0.39, 0.29) is 11.6 Å². The Kier molecular flexibility index (Phi) is 9.55. The second-order valence-electron chi connectivity index (χ2n) is 8.67. The number of esters is 1. The van der Waals surface area contributed by atoms with E-state index in [4.69, 9.17) is 21.1 Å². The molecule has 14 heteroatoms. The Labute approximate surface area is 217 Å². The number of nitrogens with one attached hydrogen (secondary N) is 1. The van der Waals surface area contributed by atoms with Crippen molar-refractivity contribution in [1.82, 2.24) is 5.43 Å². The highest BCUT2D eigenvalue weighted by molar-refractivity contribution is 7.92. The number of rotatable bonds is 9. The van der Waals surface area contributed by atoms with Crippen LogP contribution in [0.5, 0.6) is 5.75 Å². The van der Waals surface area contributed by atoms with Crippen LogP contribution in [0.15, 0.2) is 47.6 Å². The normalized spacial score (nSPS) is 12.3. The zero-order valence-electron chi connectivity index (χ0n) is 20.3. The molecule has 0 spiro atoms. The lowest BCUT2D eigenvalue weighted by Crippen LogP contribution is -2.39. The van der Waals surface area contributed by atoms with Gasteiger partial charge in [0.05, 0.1) is 28.7 Å². The van der Waals surface area contributed by atoms with Gasteiger partial charge in [-0.05, 0) is 68.8 Å². The molecule has 0 unspecified atom stereocenters. The van der Waals surface area contributed by atoms with Crippen LogP contribution in [0.1, 0.15) is 31.9 Å². The Hall–Kier alpha value is -3.32. The van der Waals surface area contributed by atoms with Crippen LogP contribution in [0.25, 0.3) is 0 Å². The molecule has 0 aromatic heterocycles. The van der Waals surface area contributed by atoms with E-state index >= 15 is 0 Å². The number of halogens is 4. The van der Waals surface area contributed by atoms with E-state index in [1.165, 1.54) is 6.21 Å². The minimum Gasteiger partial charge on any atom is -0.482 e. The number of alkyl halides is 3. The molecule has 9 nitrogen and oxygen atoms in total. The zero-order chi connectivity index (χ0) is 28.0. The number of anilines is 1. The first kappa shape index (κ1) is 29.9. The van der Waals surface area contributed by atoms with Crippen molar-refractivity contribution >= 4 is 45.4 Å². The second kappa shape index (κ2) is 11.8. The molecule has 1 amide bonds. The van der Waals surface area contributed by atoms with Crippen molar-refractivity contribution in [3.63, 3.8) is 0 Å². The molecule has 0 bridgehead atoms. The van der Waals surface area contributed by atoms with Gasteiger partial charge in [0, 0.05) is 0 Å². The fourth-order valence-corrected chi connectivity index (χ4v) is 3.90. The van der Waals surface area contributed by atoms with Gasteiger partial charge in [-0.3, -0.25) is 9.10 Å². The van der Waals surface area contributed by atoms with Crippen LogP contribution in [0.4, 0.5) is 18.9 Å². The number of carbonyl (C=O) groups is 2. The average Bonchev–Trinajstić information content (AvgIpc) is 2.75. The van der Waals surface area contributed by atoms with Gasteiger partial charge in [-0.2, -0.15) is 18.3 Å². The molecule has 0 saturated carbocycles. The number of benzene rings is 2. The van der Waals surface area contributed by atoms with Crippen LogP contribution in [-0.4, -0.2) is 51.5 Å². The molecule has 37 heavy (non-hydrogen) atoms. The molecule has 2 aromatic rings. The summed E-state index contributed by atoms with van der Waals surface area (Å²) in [5, 5.41) is 3.43. The molecule has 2 rings (SSSR count). The number of carbonyl (C=O) groups excluding carboxylic acids is 2. The number of sulfonamides is 1. The summed E-state index contributed by atoms with van der Waals surface area (Å²) in [6.45, 7) is 4.05. The van der Waals surface area contributed by atoms with Crippen molar-refractivity contribution in [1.29, 1.82) is 0 Å². The predicted molar refractivity (Wildman–Crippen MR) is 132 cm³/mol. The molecule has 0 aliphatic rings. The Morgan fingerprint density at radius 3 is 2.27 bits per heavy atom. The van der Waals surface area contributed by atoms with Crippen LogP contribution in [-0.2, 0) is 30.5 Å². The molecule has 1 N–H and O–H groups in total. The number of hydrogen-bond acceptors (Lipinski definition) is 7. The third kappa shape index (κ3) is 9.92. The molecule has 2 aromatic carbocycles. The number of amides is 1. The first-order valence-corrected chi connectivity index (χ1v) is 12.8. The number of nitrogens with zero attached hydrogens (tertiary/aromatic N) is 2. The predicted octanol–water partition coefficient (Wildman–Crippen LogP) is 4.00. The van der Waals surface area contributed by atoms with Crippen molar-refractivity contribution in [2.45, 2.75) is 32.5 Å². The third-order valence-corrected chi connectivity index (χ3v) is 5.74. The van der Waals surface area contributed by atoms with E-state index in [1.54, 1.807) is 45.0 Å². The Morgan fingerprint density at radius 2 is 1.73 bits per heavy atom. The molecule has 0 radical (unpaired) electrons. The maximum atomic E-state index is 13.1. The largest absolute Gasteiger partial charge is 0.482 e. The van der Waals surface area contributed by atoms with Crippen LogP contribution in [0.2, 0.25) is 5.02 Å². The Balaban J connectivity index is 2.02.